The van der Waals surface area contributed by atoms with Crippen molar-refractivity contribution in [3.05, 3.63) is 47.5 Å². The quantitative estimate of drug-likeness (QED) is 0.709. The molecule has 90 valence electrons. The zero-order valence-electron chi connectivity index (χ0n) is 9.26. The maximum atomic E-state index is 5.93. The average molecular weight is 277 g/mol. The molecular formula is C13H9ClN2OS. The van der Waals surface area contributed by atoms with Crippen molar-refractivity contribution < 1.29 is 4.74 Å². The van der Waals surface area contributed by atoms with Gasteiger partial charge in [-0.05, 0) is 42.5 Å². The van der Waals surface area contributed by atoms with Gasteiger partial charge in [-0.15, -0.1) is 0 Å². The van der Waals surface area contributed by atoms with Gasteiger partial charge in [-0.25, -0.2) is 4.98 Å². The Labute approximate surface area is 113 Å². The van der Waals surface area contributed by atoms with Crippen LogP contribution in [0.25, 0.3) is 10.2 Å². The molecule has 0 saturated heterocycles. The number of rotatable bonds is 2. The largest absolute Gasteiger partial charge is 0.431 e. The first-order valence-electron chi connectivity index (χ1n) is 5.30. The summed E-state index contributed by atoms with van der Waals surface area (Å²) in [5.41, 5.74) is 7.21. The molecule has 0 amide bonds. The number of nitrogens with zero attached hydrogens (tertiary/aromatic N) is 1. The van der Waals surface area contributed by atoms with Gasteiger partial charge in [0.2, 0.25) is 0 Å². The number of benzene rings is 2. The summed E-state index contributed by atoms with van der Waals surface area (Å²) in [5, 5.41) is 1.29. The Balaban J connectivity index is 1.92. The van der Waals surface area contributed by atoms with Gasteiger partial charge in [0.05, 0.1) is 10.2 Å². The van der Waals surface area contributed by atoms with Crippen molar-refractivity contribution in [1.82, 2.24) is 4.98 Å². The normalized spacial score (nSPS) is 10.7. The van der Waals surface area contributed by atoms with Crippen molar-refractivity contribution in [3.63, 3.8) is 0 Å². The minimum atomic E-state index is 0.594. The number of fused-ring (bicyclic) bond motifs is 1. The smallest absolute Gasteiger partial charge is 0.279 e. The molecule has 5 heteroatoms. The molecule has 0 saturated carbocycles. The van der Waals surface area contributed by atoms with Crippen LogP contribution in [0.15, 0.2) is 42.5 Å². The lowest BCUT2D eigenvalue weighted by molar-refractivity contribution is 0.480. The molecule has 1 heterocycles. The van der Waals surface area contributed by atoms with Crippen molar-refractivity contribution >= 4 is 38.8 Å². The third-order valence-electron chi connectivity index (χ3n) is 2.42. The van der Waals surface area contributed by atoms with Gasteiger partial charge in [0.1, 0.15) is 5.75 Å². The lowest BCUT2D eigenvalue weighted by atomic mass is 10.3. The van der Waals surface area contributed by atoms with Gasteiger partial charge >= 0.3 is 0 Å². The van der Waals surface area contributed by atoms with Crippen molar-refractivity contribution in [2.24, 2.45) is 0 Å². The molecule has 0 unspecified atom stereocenters. The molecule has 0 radical (unpaired) electrons. The Morgan fingerprint density at radius 3 is 2.67 bits per heavy atom. The number of ether oxygens (including phenoxy) is 1. The predicted octanol–water partition coefficient (Wildman–Crippen LogP) is 4.32. The monoisotopic (exact) mass is 276 g/mol. The molecule has 1 aromatic heterocycles. The SMILES string of the molecule is Nc1ccc(Oc2nc3ccc(Cl)cc3s2)cc1. The molecule has 2 aromatic carbocycles. The Kier molecular flexibility index (Phi) is 2.81. The Morgan fingerprint density at radius 1 is 1.11 bits per heavy atom. The number of thiazole rings is 1. The van der Waals surface area contributed by atoms with Gasteiger partial charge < -0.3 is 10.5 Å². The first-order valence-corrected chi connectivity index (χ1v) is 6.50. The van der Waals surface area contributed by atoms with Crippen LogP contribution in [0.3, 0.4) is 0 Å². The summed E-state index contributed by atoms with van der Waals surface area (Å²) in [6, 6.07) is 12.8. The third-order valence-corrected chi connectivity index (χ3v) is 3.55. The lowest BCUT2D eigenvalue weighted by Gasteiger charge is -2.00. The average Bonchev–Trinajstić information content (AvgIpc) is 2.73. The summed E-state index contributed by atoms with van der Waals surface area (Å²) in [6.45, 7) is 0. The Bertz CT molecular complexity index is 694. The molecule has 3 aromatic rings. The molecule has 0 aliphatic carbocycles. The summed E-state index contributed by atoms with van der Waals surface area (Å²) >= 11 is 7.39. The molecule has 0 aliphatic rings. The van der Waals surface area contributed by atoms with E-state index in [0.29, 0.717) is 21.7 Å². The second-order valence-corrected chi connectivity index (χ2v) is 5.19. The van der Waals surface area contributed by atoms with E-state index in [1.54, 1.807) is 12.1 Å². The van der Waals surface area contributed by atoms with Gasteiger partial charge in [0.25, 0.3) is 5.19 Å². The van der Waals surface area contributed by atoms with Crippen LogP contribution >= 0.6 is 22.9 Å². The maximum absolute atomic E-state index is 5.93. The van der Waals surface area contributed by atoms with Gasteiger partial charge in [-0.1, -0.05) is 22.9 Å². The molecule has 0 aliphatic heterocycles. The van der Waals surface area contributed by atoms with Gasteiger partial charge in [-0.2, -0.15) is 0 Å². The van der Waals surface area contributed by atoms with Crippen LogP contribution in [0, 0.1) is 0 Å². The van der Waals surface area contributed by atoms with E-state index in [9.17, 15) is 0 Å². The van der Waals surface area contributed by atoms with Crippen LogP contribution in [-0.4, -0.2) is 4.98 Å². The van der Waals surface area contributed by atoms with E-state index in [2.05, 4.69) is 4.98 Å². The van der Waals surface area contributed by atoms with Crippen LogP contribution in [0.1, 0.15) is 0 Å². The predicted molar refractivity (Wildman–Crippen MR) is 75.6 cm³/mol. The van der Waals surface area contributed by atoms with E-state index in [0.717, 1.165) is 10.2 Å². The van der Waals surface area contributed by atoms with Crippen molar-refractivity contribution in [2.45, 2.75) is 0 Å². The molecule has 3 rings (SSSR count). The Hall–Kier alpha value is -1.78. The highest BCUT2D eigenvalue weighted by Gasteiger charge is 2.06. The zero-order valence-corrected chi connectivity index (χ0v) is 10.8. The zero-order chi connectivity index (χ0) is 12.5. The molecule has 18 heavy (non-hydrogen) atoms. The van der Waals surface area contributed by atoms with Crippen molar-refractivity contribution in [2.75, 3.05) is 5.73 Å². The molecule has 0 fully saturated rings. The fraction of sp³-hybridized carbons (Fsp3) is 0. The second kappa shape index (κ2) is 4.48. The van der Waals surface area contributed by atoms with E-state index >= 15 is 0 Å². The topological polar surface area (TPSA) is 48.1 Å². The minimum absolute atomic E-state index is 0.594. The van der Waals surface area contributed by atoms with Crippen molar-refractivity contribution in [1.29, 1.82) is 0 Å². The fourth-order valence-electron chi connectivity index (χ4n) is 1.56. The van der Waals surface area contributed by atoms with Crippen molar-refractivity contribution in [3.8, 4) is 10.9 Å². The first-order chi connectivity index (χ1) is 8.70. The molecule has 2 N–H and O–H groups in total. The second-order valence-electron chi connectivity index (χ2n) is 3.76. The van der Waals surface area contributed by atoms with E-state index in [1.165, 1.54) is 11.3 Å². The van der Waals surface area contributed by atoms with E-state index < -0.39 is 0 Å². The lowest BCUT2D eigenvalue weighted by Crippen LogP contribution is -1.85. The van der Waals surface area contributed by atoms with E-state index in [1.807, 2.05) is 30.3 Å². The molecule has 3 nitrogen and oxygen atoms in total. The van der Waals surface area contributed by atoms with Crippen LogP contribution < -0.4 is 10.5 Å². The van der Waals surface area contributed by atoms with E-state index in [-0.39, 0.29) is 0 Å². The number of hydrogen-bond acceptors (Lipinski definition) is 4. The van der Waals surface area contributed by atoms with Gasteiger partial charge in [-0.3, -0.25) is 0 Å². The highest BCUT2D eigenvalue weighted by molar-refractivity contribution is 7.20. The number of nitrogen functional groups attached to an aromatic ring is 1. The van der Waals surface area contributed by atoms with Crippen LogP contribution in [-0.2, 0) is 0 Å². The summed E-state index contributed by atoms with van der Waals surface area (Å²) in [7, 11) is 0. The molecule has 0 atom stereocenters. The van der Waals surface area contributed by atoms with Gasteiger partial charge in [0, 0.05) is 10.7 Å². The third kappa shape index (κ3) is 2.25. The number of halogens is 1. The molecule has 0 bridgehead atoms. The highest BCUT2D eigenvalue weighted by Crippen LogP contribution is 2.32. The van der Waals surface area contributed by atoms with Crippen LogP contribution in [0.2, 0.25) is 5.02 Å². The summed E-state index contributed by atoms with van der Waals surface area (Å²) in [6.07, 6.45) is 0. The fourth-order valence-corrected chi connectivity index (χ4v) is 2.67. The number of aromatic nitrogens is 1. The number of hydrogen-bond donors (Lipinski definition) is 1. The number of anilines is 1. The highest BCUT2D eigenvalue weighted by atomic mass is 35.5. The molecule has 0 spiro atoms. The standard InChI is InChI=1S/C13H9ClN2OS/c14-8-1-6-11-12(7-8)18-13(16-11)17-10-4-2-9(15)3-5-10/h1-7H,15H2. The summed E-state index contributed by atoms with van der Waals surface area (Å²) in [4.78, 5) is 4.38. The summed E-state index contributed by atoms with van der Waals surface area (Å²) in [5.74, 6) is 0.717. The number of nitrogens with two attached hydrogens (primary N) is 1. The molecular weight excluding hydrogens is 268 g/mol. The Morgan fingerprint density at radius 2 is 1.89 bits per heavy atom. The first kappa shape index (κ1) is 11.3. The van der Waals surface area contributed by atoms with Gasteiger partial charge in [0.15, 0.2) is 0 Å². The van der Waals surface area contributed by atoms with E-state index in [4.69, 9.17) is 22.1 Å². The minimum Gasteiger partial charge on any atom is -0.431 e. The van der Waals surface area contributed by atoms with Crippen LogP contribution in [0.5, 0.6) is 10.9 Å². The van der Waals surface area contributed by atoms with Crippen LogP contribution in [0.4, 0.5) is 5.69 Å². The maximum Gasteiger partial charge on any atom is 0.279 e. The summed E-state index contributed by atoms with van der Waals surface area (Å²) < 4.78 is 6.67.